The normalized spacial score (nSPS) is 14.2. The molecule has 336 valence electrons. The first-order chi connectivity index (χ1) is 33.3. The minimum absolute atomic E-state index is 0.0813. The first-order valence-corrected chi connectivity index (χ1v) is 24.9. The molecule has 68 heavy (non-hydrogen) atoms. The summed E-state index contributed by atoms with van der Waals surface area (Å²) in [5, 5.41) is 3.84. The molecular weight excluding hydrogens is 821 g/mol. The van der Waals surface area contributed by atoms with Crippen molar-refractivity contribution in [3.63, 3.8) is 0 Å². The van der Waals surface area contributed by atoms with Crippen molar-refractivity contribution >= 4 is 38.3 Å². The van der Waals surface area contributed by atoms with E-state index < -0.39 is 0 Å². The largest absolute Gasteiger partial charge is 0.313 e. The van der Waals surface area contributed by atoms with Crippen molar-refractivity contribution in [1.29, 1.82) is 0 Å². The number of hydrogen-bond acceptors (Lipinski definition) is 0. The number of nitrogens with zero attached hydrogens (tertiary/aromatic N) is 2. The van der Waals surface area contributed by atoms with Gasteiger partial charge in [0, 0.05) is 38.6 Å². The maximum absolute atomic E-state index is 2.52. The van der Waals surface area contributed by atoms with Gasteiger partial charge in [-0.1, -0.05) is 188 Å². The molecule has 1 aliphatic carbocycles. The van der Waals surface area contributed by atoms with E-state index in [9.17, 15) is 0 Å². The first kappa shape index (κ1) is 44.4. The van der Waals surface area contributed by atoms with E-state index >= 15 is 0 Å². The topological polar surface area (TPSA) is 9.86 Å². The number of hydrogen-bond donors (Lipinski definition) is 0. The number of allylic oxidation sites excluding steroid dienone is 4. The molecule has 0 saturated heterocycles. The zero-order valence-electron chi connectivity index (χ0n) is 40.8. The fourth-order valence-electron chi connectivity index (χ4n) is 11.0. The Bertz CT molecular complexity index is 3500. The molecule has 0 amide bonds. The van der Waals surface area contributed by atoms with Crippen LogP contribution in [-0.2, 0) is 18.3 Å². The molecule has 0 unspecified atom stereocenters. The van der Waals surface area contributed by atoms with Crippen LogP contribution in [-0.4, -0.2) is 9.13 Å². The van der Waals surface area contributed by atoms with Gasteiger partial charge in [-0.2, -0.15) is 0 Å². The van der Waals surface area contributed by atoms with Crippen LogP contribution in [0.2, 0.25) is 0 Å². The third-order valence-electron chi connectivity index (χ3n) is 14.2. The lowest BCUT2D eigenvalue weighted by molar-refractivity contribution is 0.658. The van der Waals surface area contributed by atoms with Crippen molar-refractivity contribution < 1.29 is 0 Å². The Hall–Kier alpha value is -7.42. The summed E-state index contributed by atoms with van der Waals surface area (Å²) in [6.45, 7) is 15.6. The lowest BCUT2D eigenvalue weighted by Crippen LogP contribution is -2.15. The summed E-state index contributed by atoms with van der Waals surface area (Å²) in [6.07, 6.45) is 8.92. The Morgan fingerprint density at radius 2 is 1.01 bits per heavy atom. The van der Waals surface area contributed by atoms with E-state index in [4.69, 9.17) is 0 Å². The molecule has 0 N–H and O–H groups in total. The standard InChI is InChI=1S/C64H56N2.C2H6/c1-6-18-54-55-25-14-16-26-58(55)64(4,5)59(54)35-28-44-38-49(46-29-33-52(34-30-46)65-60(19-7-2)43(3)53-24-15-17-27-61(53)65)40-50(39-44)48-32-37-63-57(42-48)56-41-47(45-20-10-8-11-21-45)31-36-62(56)66(63)51-22-12-9-13-23-51;1-2/h8-18,20-27,29-42H,6-7,19,28H2,1-5H3;1-2H3/b54-18-,59-35+;. The average molecular weight is 883 g/mol. The van der Waals surface area contributed by atoms with Gasteiger partial charge in [0.1, 0.15) is 0 Å². The molecule has 0 aliphatic heterocycles. The fraction of sp³-hybridized carbons (Fsp3) is 0.182. The SMILES string of the molecule is CC.CC/C=C1\C(=C/Cc2cc(-c3ccc(-n4c(CCC)c(C)c5ccccc54)cc3)cc(-c3ccc4c(c3)c3cc(-c5ccccc5)ccc3n4-c3ccccc3)c2)C(C)(C)c2ccccc21. The molecule has 8 aromatic carbocycles. The van der Waals surface area contributed by atoms with Gasteiger partial charge < -0.3 is 9.13 Å². The maximum Gasteiger partial charge on any atom is 0.0541 e. The van der Waals surface area contributed by atoms with Gasteiger partial charge in [-0.25, -0.2) is 0 Å². The third-order valence-corrected chi connectivity index (χ3v) is 14.2. The monoisotopic (exact) mass is 882 g/mol. The highest BCUT2D eigenvalue weighted by atomic mass is 15.0. The zero-order valence-corrected chi connectivity index (χ0v) is 40.8. The second kappa shape index (κ2) is 18.7. The Morgan fingerprint density at radius 3 is 1.69 bits per heavy atom. The number of aromatic nitrogens is 2. The summed E-state index contributed by atoms with van der Waals surface area (Å²) >= 11 is 0. The van der Waals surface area contributed by atoms with Crippen molar-refractivity contribution in [2.45, 2.75) is 79.6 Å². The summed E-state index contributed by atoms with van der Waals surface area (Å²) in [5.41, 5.74) is 23.0. The highest BCUT2D eigenvalue weighted by Crippen LogP contribution is 2.50. The number of rotatable bonds is 10. The van der Waals surface area contributed by atoms with Crippen molar-refractivity contribution in [3.05, 3.63) is 234 Å². The Labute approximate surface area is 403 Å². The van der Waals surface area contributed by atoms with Crippen LogP contribution in [0.4, 0.5) is 0 Å². The smallest absolute Gasteiger partial charge is 0.0541 e. The van der Waals surface area contributed by atoms with Gasteiger partial charge in [0.15, 0.2) is 0 Å². The molecule has 0 saturated carbocycles. The molecule has 2 heteroatoms. The molecule has 10 aromatic rings. The second-order valence-electron chi connectivity index (χ2n) is 18.7. The number of benzene rings is 8. The van der Waals surface area contributed by atoms with E-state index in [2.05, 4.69) is 244 Å². The Balaban J connectivity index is 0.00000266. The predicted octanol–water partition coefficient (Wildman–Crippen LogP) is 18.3. The molecule has 0 bridgehead atoms. The van der Waals surface area contributed by atoms with Crippen LogP contribution in [0.25, 0.3) is 83.0 Å². The quantitative estimate of drug-likeness (QED) is 0.130. The van der Waals surface area contributed by atoms with Crippen LogP contribution < -0.4 is 0 Å². The molecule has 0 radical (unpaired) electrons. The summed E-state index contributed by atoms with van der Waals surface area (Å²) in [4.78, 5) is 0. The van der Waals surface area contributed by atoms with Gasteiger partial charge in [0.25, 0.3) is 0 Å². The molecular formula is C66H62N2. The van der Waals surface area contributed by atoms with Crippen LogP contribution >= 0.6 is 0 Å². The third kappa shape index (κ3) is 7.82. The van der Waals surface area contributed by atoms with Crippen molar-refractivity contribution in [2.24, 2.45) is 0 Å². The van der Waals surface area contributed by atoms with Gasteiger partial charge >= 0.3 is 0 Å². The maximum atomic E-state index is 2.52. The molecule has 2 heterocycles. The number of para-hydroxylation sites is 2. The summed E-state index contributed by atoms with van der Waals surface area (Å²) < 4.78 is 4.90. The van der Waals surface area contributed by atoms with Crippen molar-refractivity contribution in [3.8, 4) is 44.8 Å². The Kier molecular flexibility index (Phi) is 12.2. The van der Waals surface area contributed by atoms with Gasteiger partial charge in [0.05, 0.1) is 16.6 Å². The minimum atomic E-state index is -0.0813. The lowest BCUT2D eigenvalue weighted by atomic mass is 9.81. The molecule has 1 aliphatic rings. The molecule has 2 nitrogen and oxygen atoms in total. The van der Waals surface area contributed by atoms with Gasteiger partial charge in [0.2, 0.25) is 0 Å². The van der Waals surface area contributed by atoms with E-state index in [-0.39, 0.29) is 5.41 Å². The average Bonchev–Trinajstić information content (AvgIpc) is 3.95. The molecule has 0 spiro atoms. The number of fused-ring (bicyclic) bond motifs is 5. The molecule has 11 rings (SSSR count). The van der Waals surface area contributed by atoms with Crippen LogP contribution in [0.5, 0.6) is 0 Å². The minimum Gasteiger partial charge on any atom is -0.313 e. The van der Waals surface area contributed by atoms with Crippen LogP contribution in [0, 0.1) is 6.92 Å². The number of aryl methyl sites for hydroxylation is 1. The van der Waals surface area contributed by atoms with Crippen LogP contribution in [0.3, 0.4) is 0 Å². The zero-order chi connectivity index (χ0) is 46.9. The van der Waals surface area contributed by atoms with E-state index in [1.807, 2.05) is 13.8 Å². The lowest BCUT2D eigenvalue weighted by Gasteiger charge is -2.22. The van der Waals surface area contributed by atoms with E-state index in [1.54, 1.807) is 0 Å². The van der Waals surface area contributed by atoms with E-state index in [0.29, 0.717) is 0 Å². The summed E-state index contributed by atoms with van der Waals surface area (Å²) in [6, 6.07) is 70.0. The van der Waals surface area contributed by atoms with Crippen molar-refractivity contribution in [1.82, 2.24) is 9.13 Å². The first-order valence-electron chi connectivity index (χ1n) is 24.9. The predicted molar refractivity (Wildman–Crippen MR) is 294 cm³/mol. The van der Waals surface area contributed by atoms with Crippen LogP contribution in [0.1, 0.15) is 82.3 Å². The van der Waals surface area contributed by atoms with Gasteiger partial charge in [-0.3, -0.25) is 0 Å². The van der Waals surface area contributed by atoms with Gasteiger partial charge in [-0.05, 0) is 154 Å². The second-order valence-corrected chi connectivity index (χ2v) is 18.7. The highest BCUT2D eigenvalue weighted by molar-refractivity contribution is 6.11. The van der Waals surface area contributed by atoms with Crippen molar-refractivity contribution in [2.75, 3.05) is 0 Å². The molecule has 0 atom stereocenters. The summed E-state index contributed by atoms with van der Waals surface area (Å²) in [7, 11) is 0. The van der Waals surface area contributed by atoms with Crippen LogP contribution in [0.15, 0.2) is 206 Å². The fourth-order valence-corrected chi connectivity index (χ4v) is 11.0. The highest BCUT2D eigenvalue weighted by Gasteiger charge is 2.37. The summed E-state index contributed by atoms with van der Waals surface area (Å²) in [5.74, 6) is 0. The molecule has 2 aromatic heterocycles. The van der Waals surface area contributed by atoms with Gasteiger partial charge in [-0.15, -0.1) is 0 Å². The van der Waals surface area contributed by atoms with E-state index in [1.165, 1.54) is 111 Å². The van der Waals surface area contributed by atoms with E-state index in [0.717, 1.165) is 31.4 Å². The Morgan fingerprint density at radius 1 is 0.471 bits per heavy atom. The molecule has 0 fully saturated rings.